The Labute approximate surface area is 67.1 Å². The van der Waals surface area contributed by atoms with Gasteiger partial charge in [0.05, 0.1) is 0 Å². The highest BCUT2D eigenvalue weighted by molar-refractivity contribution is 5.18. The number of hydrogen-bond donors (Lipinski definition) is 1. The van der Waals surface area contributed by atoms with Crippen molar-refractivity contribution in [1.29, 1.82) is 0 Å². The molecule has 0 aromatic heterocycles. The molecule has 2 aliphatic carbocycles. The van der Waals surface area contributed by atoms with Gasteiger partial charge < -0.3 is 5.11 Å². The molecule has 58 valence electrons. The lowest BCUT2D eigenvalue weighted by atomic mass is 9.94. The van der Waals surface area contributed by atoms with Crippen LogP contribution in [0.4, 0.5) is 0 Å². The van der Waals surface area contributed by atoms with Crippen LogP contribution < -0.4 is 0 Å². The molecule has 1 N–H and O–H groups in total. The molecule has 0 aromatic carbocycles. The van der Waals surface area contributed by atoms with Crippen LogP contribution in [0.5, 0.6) is 0 Å². The molecule has 0 aromatic rings. The summed E-state index contributed by atoms with van der Waals surface area (Å²) in [5.41, 5.74) is 0. The van der Waals surface area contributed by atoms with E-state index in [2.05, 4.69) is 24.0 Å². The minimum Gasteiger partial charge on any atom is -0.384 e. The van der Waals surface area contributed by atoms with Crippen molar-refractivity contribution in [2.45, 2.75) is 12.8 Å². The number of allylic oxidation sites excluding steroid dienone is 2. The summed E-state index contributed by atoms with van der Waals surface area (Å²) in [4.78, 5) is 0. The smallest absolute Gasteiger partial charge is 0.104 e. The van der Waals surface area contributed by atoms with E-state index in [0.717, 1.165) is 5.92 Å². The third kappa shape index (κ3) is 1.19. The summed E-state index contributed by atoms with van der Waals surface area (Å²) in [6, 6.07) is 0. The van der Waals surface area contributed by atoms with Gasteiger partial charge in [0.1, 0.15) is 6.61 Å². The monoisotopic (exact) mass is 148 g/mol. The molecule has 0 radical (unpaired) electrons. The molecule has 0 aliphatic heterocycles. The van der Waals surface area contributed by atoms with Crippen molar-refractivity contribution in [1.82, 2.24) is 0 Å². The summed E-state index contributed by atoms with van der Waals surface area (Å²) in [6.45, 7) is 0.0115. The average Bonchev–Trinajstić information content (AvgIpc) is 2.60. The largest absolute Gasteiger partial charge is 0.384 e. The molecular formula is C10H12O. The van der Waals surface area contributed by atoms with Crippen LogP contribution in [0.3, 0.4) is 0 Å². The van der Waals surface area contributed by atoms with Crippen molar-refractivity contribution in [3.8, 4) is 11.8 Å². The SMILES string of the molecule is OCC#CC1CC2C=CC1C2. The van der Waals surface area contributed by atoms with Crippen LogP contribution >= 0.6 is 0 Å². The van der Waals surface area contributed by atoms with Crippen LogP contribution in [0.25, 0.3) is 0 Å². The second kappa shape index (κ2) is 2.71. The Balaban J connectivity index is 2.03. The van der Waals surface area contributed by atoms with Gasteiger partial charge in [0.2, 0.25) is 0 Å². The van der Waals surface area contributed by atoms with Crippen molar-refractivity contribution in [3.63, 3.8) is 0 Å². The Hall–Kier alpha value is -0.740. The van der Waals surface area contributed by atoms with Gasteiger partial charge in [-0.15, -0.1) is 0 Å². The van der Waals surface area contributed by atoms with Crippen LogP contribution in [0.1, 0.15) is 12.8 Å². The fourth-order valence-electron chi connectivity index (χ4n) is 2.12. The van der Waals surface area contributed by atoms with Gasteiger partial charge >= 0.3 is 0 Å². The first-order valence-electron chi connectivity index (χ1n) is 4.17. The highest BCUT2D eigenvalue weighted by Crippen LogP contribution is 2.42. The molecule has 0 spiro atoms. The van der Waals surface area contributed by atoms with Crippen LogP contribution in [-0.4, -0.2) is 11.7 Å². The molecule has 1 heteroatoms. The van der Waals surface area contributed by atoms with Crippen molar-refractivity contribution in [2.75, 3.05) is 6.61 Å². The summed E-state index contributed by atoms with van der Waals surface area (Å²) in [5.74, 6) is 7.88. The maximum atomic E-state index is 8.51. The lowest BCUT2D eigenvalue weighted by Crippen LogP contribution is -2.03. The summed E-state index contributed by atoms with van der Waals surface area (Å²) >= 11 is 0. The average molecular weight is 148 g/mol. The summed E-state index contributed by atoms with van der Waals surface area (Å²) in [6.07, 6.45) is 7.10. The van der Waals surface area contributed by atoms with Crippen molar-refractivity contribution in [2.24, 2.45) is 17.8 Å². The first-order valence-corrected chi connectivity index (χ1v) is 4.17. The van der Waals surface area contributed by atoms with E-state index in [1.807, 2.05) is 0 Å². The molecule has 1 saturated carbocycles. The third-order valence-corrected chi connectivity index (χ3v) is 2.65. The lowest BCUT2D eigenvalue weighted by molar-refractivity contribution is 0.350. The minimum absolute atomic E-state index is 0.0115. The van der Waals surface area contributed by atoms with E-state index in [0.29, 0.717) is 11.8 Å². The fraction of sp³-hybridized carbons (Fsp3) is 0.600. The van der Waals surface area contributed by atoms with Crippen molar-refractivity contribution in [3.05, 3.63) is 12.2 Å². The molecule has 0 amide bonds. The van der Waals surface area contributed by atoms with Crippen LogP contribution in [-0.2, 0) is 0 Å². The number of hydrogen-bond acceptors (Lipinski definition) is 1. The molecule has 1 fully saturated rings. The van der Waals surface area contributed by atoms with Crippen LogP contribution in [0, 0.1) is 29.6 Å². The van der Waals surface area contributed by atoms with Gasteiger partial charge in [0, 0.05) is 5.92 Å². The first kappa shape index (κ1) is 6.94. The zero-order chi connectivity index (χ0) is 7.68. The zero-order valence-electron chi connectivity index (χ0n) is 6.46. The van der Waals surface area contributed by atoms with E-state index in [9.17, 15) is 0 Å². The number of aliphatic hydroxyl groups is 1. The molecule has 1 nitrogen and oxygen atoms in total. The minimum atomic E-state index is 0.0115. The van der Waals surface area contributed by atoms with E-state index in [1.54, 1.807) is 0 Å². The molecule has 2 rings (SSSR count). The first-order chi connectivity index (χ1) is 5.40. The van der Waals surface area contributed by atoms with E-state index in [1.165, 1.54) is 12.8 Å². The third-order valence-electron chi connectivity index (χ3n) is 2.65. The van der Waals surface area contributed by atoms with E-state index < -0.39 is 0 Å². The Bertz CT molecular complexity index is 231. The number of aliphatic hydroxyl groups excluding tert-OH is 1. The molecule has 3 unspecified atom stereocenters. The maximum absolute atomic E-state index is 8.51. The van der Waals surface area contributed by atoms with Crippen LogP contribution in [0.2, 0.25) is 0 Å². The van der Waals surface area contributed by atoms with Gasteiger partial charge in [-0.25, -0.2) is 0 Å². The second-order valence-corrected chi connectivity index (χ2v) is 3.37. The fourth-order valence-corrected chi connectivity index (χ4v) is 2.12. The van der Waals surface area contributed by atoms with E-state index in [4.69, 9.17) is 5.11 Å². The lowest BCUT2D eigenvalue weighted by Gasteiger charge is -2.09. The Kier molecular flexibility index (Phi) is 1.71. The van der Waals surface area contributed by atoms with Crippen molar-refractivity contribution >= 4 is 0 Å². The summed E-state index contributed by atoms with van der Waals surface area (Å²) in [7, 11) is 0. The highest BCUT2D eigenvalue weighted by atomic mass is 16.2. The molecule has 3 atom stereocenters. The summed E-state index contributed by atoms with van der Waals surface area (Å²) < 4.78 is 0. The molecule has 2 bridgehead atoms. The normalized spacial score (nSPS) is 38.8. The van der Waals surface area contributed by atoms with Gasteiger partial charge in [-0.1, -0.05) is 24.0 Å². The van der Waals surface area contributed by atoms with Crippen LogP contribution in [0.15, 0.2) is 12.2 Å². The van der Waals surface area contributed by atoms with E-state index >= 15 is 0 Å². The van der Waals surface area contributed by atoms with E-state index in [-0.39, 0.29) is 6.61 Å². The highest BCUT2D eigenvalue weighted by Gasteiger charge is 2.34. The quantitative estimate of drug-likeness (QED) is 0.404. The van der Waals surface area contributed by atoms with Gasteiger partial charge in [0.15, 0.2) is 0 Å². The predicted octanol–water partition coefficient (Wildman–Crippen LogP) is 1.19. The Morgan fingerprint density at radius 2 is 2.27 bits per heavy atom. The molecular weight excluding hydrogens is 136 g/mol. The standard InChI is InChI=1S/C10H12O/c11-5-1-2-9-6-8-3-4-10(9)7-8/h3-4,8-11H,5-7H2. The molecule has 0 saturated heterocycles. The molecule has 11 heavy (non-hydrogen) atoms. The Morgan fingerprint density at radius 1 is 1.36 bits per heavy atom. The zero-order valence-corrected chi connectivity index (χ0v) is 6.46. The second-order valence-electron chi connectivity index (χ2n) is 3.37. The topological polar surface area (TPSA) is 20.2 Å². The molecule has 2 aliphatic rings. The summed E-state index contributed by atoms with van der Waals surface area (Å²) in [5, 5.41) is 8.51. The number of rotatable bonds is 0. The van der Waals surface area contributed by atoms with Gasteiger partial charge in [0.25, 0.3) is 0 Å². The van der Waals surface area contributed by atoms with Gasteiger partial charge in [-0.05, 0) is 24.7 Å². The number of fused-ring (bicyclic) bond motifs is 2. The maximum Gasteiger partial charge on any atom is 0.104 e. The van der Waals surface area contributed by atoms with Gasteiger partial charge in [-0.2, -0.15) is 0 Å². The predicted molar refractivity (Wildman–Crippen MR) is 43.7 cm³/mol. The molecule has 0 heterocycles. The Morgan fingerprint density at radius 3 is 2.82 bits per heavy atom. The van der Waals surface area contributed by atoms with Crippen molar-refractivity contribution < 1.29 is 5.11 Å². The van der Waals surface area contributed by atoms with Gasteiger partial charge in [-0.3, -0.25) is 0 Å².